The lowest BCUT2D eigenvalue weighted by Crippen LogP contribution is -2.18. The lowest BCUT2D eigenvalue weighted by atomic mass is 10.2. The van der Waals surface area contributed by atoms with Crippen molar-refractivity contribution in [3.05, 3.63) is 51.4 Å². The number of benzene rings is 1. The van der Waals surface area contributed by atoms with E-state index >= 15 is 0 Å². The van der Waals surface area contributed by atoms with E-state index in [1.807, 2.05) is 13.8 Å². The summed E-state index contributed by atoms with van der Waals surface area (Å²) in [4.78, 5) is 43.0. The Balaban J connectivity index is 1.88. The van der Waals surface area contributed by atoms with Gasteiger partial charge in [0.25, 0.3) is 5.56 Å². The highest BCUT2D eigenvalue weighted by Gasteiger charge is 2.10. The molecule has 8 heteroatoms. The Labute approximate surface area is 168 Å². The summed E-state index contributed by atoms with van der Waals surface area (Å²) in [5.74, 6) is -0.500. The van der Waals surface area contributed by atoms with Crippen molar-refractivity contribution in [1.29, 1.82) is 0 Å². The van der Waals surface area contributed by atoms with Gasteiger partial charge in [0.15, 0.2) is 5.16 Å². The molecule has 0 atom stereocenters. The number of hydrogen-bond donors (Lipinski definition) is 2. The SMILES string of the molecule is CCCCOC(=O)c1ccc(NC(=O)CSc2nc(C)c(CC)c(=O)[nH]2)cc1. The minimum absolute atomic E-state index is 0.106. The number of esters is 1. The smallest absolute Gasteiger partial charge is 0.338 e. The molecule has 1 aromatic heterocycles. The second kappa shape index (κ2) is 10.7. The molecule has 0 aliphatic rings. The number of rotatable bonds is 9. The highest BCUT2D eigenvalue weighted by Crippen LogP contribution is 2.15. The molecule has 0 aliphatic carbocycles. The summed E-state index contributed by atoms with van der Waals surface area (Å²) in [6.45, 7) is 6.11. The van der Waals surface area contributed by atoms with Gasteiger partial charge >= 0.3 is 5.97 Å². The molecule has 2 aromatic rings. The monoisotopic (exact) mass is 403 g/mol. The van der Waals surface area contributed by atoms with E-state index in [0.29, 0.717) is 40.7 Å². The first-order valence-corrected chi connectivity index (χ1v) is 10.2. The first-order valence-electron chi connectivity index (χ1n) is 9.24. The first-order chi connectivity index (χ1) is 13.4. The van der Waals surface area contributed by atoms with Crippen molar-refractivity contribution in [3.63, 3.8) is 0 Å². The molecule has 0 aliphatic heterocycles. The number of thioether (sulfide) groups is 1. The van der Waals surface area contributed by atoms with Crippen LogP contribution in [0, 0.1) is 6.92 Å². The van der Waals surface area contributed by atoms with Gasteiger partial charge in [-0.2, -0.15) is 0 Å². The van der Waals surface area contributed by atoms with Crippen LogP contribution in [-0.2, 0) is 16.0 Å². The molecule has 1 heterocycles. The van der Waals surface area contributed by atoms with Crippen LogP contribution in [0.3, 0.4) is 0 Å². The van der Waals surface area contributed by atoms with Gasteiger partial charge in [-0.05, 0) is 44.0 Å². The normalized spacial score (nSPS) is 10.5. The predicted molar refractivity (Wildman–Crippen MR) is 110 cm³/mol. The van der Waals surface area contributed by atoms with Crippen LogP contribution in [0.5, 0.6) is 0 Å². The van der Waals surface area contributed by atoms with E-state index in [-0.39, 0.29) is 23.2 Å². The Kier molecular flexibility index (Phi) is 8.25. The van der Waals surface area contributed by atoms with Crippen molar-refractivity contribution in [2.24, 2.45) is 0 Å². The Hall–Kier alpha value is -2.61. The number of unbranched alkanes of at least 4 members (excludes halogenated alkanes) is 1. The summed E-state index contributed by atoms with van der Waals surface area (Å²) in [7, 11) is 0. The zero-order chi connectivity index (χ0) is 20.5. The lowest BCUT2D eigenvalue weighted by Gasteiger charge is -2.08. The molecular weight excluding hydrogens is 378 g/mol. The number of ether oxygens (including phenoxy) is 1. The minimum atomic E-state index is -0.372. The maximum Gasteiger partial charge on any atom is 0.338 e. The van der Waals surface area contributed by atoms with Crippen molar-refractivity contribution in [2.75, 3.05) is 17.7 Å². The van der Waals surface area contributed by atoms with E-state index < -0.39 is 0 Å². The molecule has 0 saturated heterocycles. The van der Waals surface area contributed by atoms with Crippen LogP contribution in [0.4, 0.5) is 5.69 Å². The third kappa shape index (κ3) is 6.23. The van der Waals surface area contributed by atoms with Crippen molar-refractivity contribution in [2.45, 2.75) is 45.2 Å². The molecule has 7 nitrogen and oxygen atoms in total. The number of carbonyl (C=O) groups excluding carboxylic acids is 2. The van der Waals surface area contributed by atoms with Crippen molar-refractivity contribution < 1.29 is 14.3 Å². The number of H-pyrrole nitrogens is 1. The van der Waals surface area contributed by atoms with Crippen LogP contribution in [0.2, 0.25) is 0 Å². The average molecular weight is 404 g/mol. The standard InChI is InChI=1S/C20H25N3O4S/c1-4-6-11-27-19(26)14-7-9-15(10-8-14)22-17(24)12-28-20-21-13(3)16(5-2)18(25)23-20/h7-10H,4-6,11-12H2,1-3H3,(H,22,24)(H,21,23,25). The van der Waals surface area contributed by atoms with Gasteiger partial charge < -0.3 is 15.0 Å². The molecule has 0 fully saturated rings. The van der Waals surface area contributed by atoms with Crippen LogP contribution >= 0.6 is 11.8 Å². The summed E-state index contributed by atoms with van der Waals surface area (Å²) >= 11 is 1.16. The zero-order valence-electron chi connectivity index (χ0n) is 16.3. The van der Waals surface area contributed by atoms with E-state index in [2.05, 4.69) is 15.3 Å². The first kappa shape index (κ1) is 21.7. The fourth-order valence-corrected chi connectivity index (χ4v) is 3.19. The van der Waals surface area contributed by atoms with Gasteiger partial charge in [0, 0.05) is 16.9 Å². The number of nitrogens with zero attached hydrogens (tertiary/aromatic N) is 1. The van der Waals surface area contributed by atoms with Crippen molar-refractivity contribution in [1.82, 2.24) is 9.97 Å². The van der Waals surface area contributed by atoms with Crippen LogP contribution in [-0.4, -0.2) is 34.2 Å². The van der Waals surface area contributed by atoms with Gasteiger partial charge in [-0.15, -0.1) is 0 Å². The summed E-state index contributed by atoms with van der Waals surface area (Å²) < 4.78 is 5.15. The van der Waals surface area contributed by atoms with E-state index in [0.717, 1.165) is 24.6 Å². The number of hydrogen-bond acceptors (Lipinski definition) is 6. The third-order valence-electron chi connectivity index (χ3n) is 4.03. The summed E-state index contributed by atoms with van der Waals surface area (Å²) in [6, 6.07) is 6.53. The van der Waals surface area contributed by atoms with Gasteiger partial charge in [0.2, 0.25) is 5.91 Å². The molecule has 1 aromatic carbocycles. The molecule has 0 radical (unpaired) electrons. The summed E-state index contributed by atoms with van der Waals surface area (Å²) in [5.41, 5.74) is 2.18. The number of nitrogens with one attached hydrogen (secondary N) is 2. The molecular formula is C20H25N3O4S. The van der Waals surface area contributed by atoms with E-state index in [1.54, 1.807) is 31.2 Å². The second-order valence-electron chi connectivity index (χ2n) is 6.19. The minimum Gasteiger partial charge on any atom is -0.462 e. The fourth-order valence-electron chi connectivity index (χ4n) is 2.48. The highest BCUT2D eigenvalue weighted by atomic mass is 32.2. The van der Waals surface area contributed by atoms with E-state index in [1.165, 1.54) is 0 Å². The lowest BCUT2D eigenvalue weighted by molar-refractivity contribution is -0.113. The van der Waals surface area contributed by atoms with Crippen LogP contribution in [0.15, 0.2) is 34.2 Å². The Morgan fingerprint density at radius 2 is 1.93 bits per heavy atom. The van der Waals surface area contributed by atoms with Gasteiger partial charge in [0.1, 0.15) is 0 Å². The summed E-state index contributed by atoms with van der Waals surface area (Å²) in [6.07, 6.45) is 2.40. The molecule has 0 spiro atoms. The molecule has 1 amide bonds. The number of aromatic nitrogens is 2. The quantitative estimate of drug-likeness (QED) is 0.288. The predicted octanol–water partition coefficient (Wildman–Crippen LogP) is 3.33. The van der Waals surface area contributed by atoms with E-state index in [4.69, 9.17) is 4.74 Å². The molecule has 2 N–H and O–H groups in total. The number of anilines is 1. The molecule has 0 saturated carbocycles. The largest absolute Gasteiger partial charge is 0.462 e. The molecule has 0 bridgehead atoms. The number of aromatic amines is 1. The second-order valence-corrected chi connectivity index (χ2v) is 7.16. The number of amides is 1. The van der Waals surface area contributed by atoms with Crippen LogP contribution < -0.4 is 10.9 Å². The van der Waals surface area contributed by atoms with Gasteiger partial charge in [0.05, 0.1) is 17.9 Å². The van der Waals surface area contributed by atoms with Gasteiger partial charge in [-0.25, -0.2) is 9.78 Å². The Morgan fingerprint density at radius 1 is 1.21 bits per heavy atom. The highest BCUT2D eigenvalue weighted by molar-refractivity contribution is 7.99. The van der Waals surface area contributed by atoms with E-state index in [9.17, 15) is 14.4 Å². The van der Waals surface area contributed by atoms with Crippen molar-refractivity contribution in [3.8, 4) is 0 Å². The average Bonchev–Trinajstić information content (AvgIpc) is 2.67. The van der Waals surface area contributed by atoms with Crippen LogP contribution in [0.1, 0.15) is 48.3 Å². The van der Waals surface area contributed by atoms with Crippen LogP contribution in [0.25, 0.3) is 0 Å². The van der Waals surface area contributed by atoms with Crippen molar-refractivity contribution >= 4 is 29.3 Å². The summed E-state index contributed by atoms with van der Waals surface area (Å²) in [5, 5.41) is 3.17. The molecule has 150 valence electrons. The molecule has 28 heavy (non-hydrogen) atoms. The third-order valence-corrected chi connectivity index (χ3v) is 4.90. The molecule has 0 unspecified atom stereocenters. The Morgan fingerprint density at radius 3 is 2.54 bits per heavy atom. The fraction of sp³-hybridized carbons (Fsp3) is 0.400. The van der Waals surface area contributed by atoms with Gasteiger partial charge in [-0.3, -0.25) is 9.59 Å². The number of aryl methyl sites for hydroxylation is 1. The Bertz CT molecular complexity index is 878. The van der Waals surface area contributed by atoms with Gasteiger partial charge in [-0.1, -0.05) is 32.0 Å². The molecule has 2 rings (SSSR count). The maximum atomic E-state index is 12.1. The maximum absolute atomic E-state index is 12.1. The number of carbonyl (C=O) groups is 2. The topological polar surface area (TPSA) is 101 Å². The zero-order valence-corrected chi connectivity index (χ0v) is 17.1.